The number of hydrogen-bond acceptors (Lipinski definition) is 10. The number of amides is 7. The highest BCUT2D eigenvalue weighted by molar-refractivity contribution is 6.12. The van der Waals surface area contributed by atoms with Gasteiger partial charge in [-0.2, -0.15) is 0 Å². The second kappa shape index (κ2) is 21.7. The molecule has 63 heavy (non-hydrogen) atoms. The minimum absolute atomic E-state index is 0.00126. The number of imide groups is 1. The summed E-state index contributed by atoms with van der Waals surface area (Å²) in [6, 6.07) is 5.22. The van der Waals surface area contributed by atoms with Gasteiger partial charge >= 0.3 is 12.1 Å². The van der Waals surface area contributed by atoms with Gasteiger partial charge in [0.2, 0.25) is 23.6 Å². The Kier molecular flexibility index (Phi) is 18.5. The summed E-state index contributed by atoms with van der Waals surface area (Å²) >= 11 is 0. The monoisotopic (exact) mass is 881 g/mol. The van der Waals surface area contributed by atoms with Crippen LogP contribution in [0.5, 0.6) is 0 Å². The maximum absolute atomic E-state index is 14.6. The molecule has 1 aromatic rings. The normalized spacial score (nSPS) is 15.6. The third kappa shape index (κ3) is 16.0. The van der Waals surface area contributed by atoms with Gasteiger partial charge in [0, 0.05) is 56.7 Å². The molecule has 350 valence electrons. The van der Waals surface area contributed by atoms with Gasteiger partial charge in [0.25, 0.3) is 11.8 Å². The molecule has 1 aliphatic rings. The van der Waals surface area contributed by atoms with Crippen molar-refractivity contribution < 1.29 is 47.8 Å². The van der Waals surface area contributed by atoms with E-state index in [1.54, 1.807) is 61.6 Å². The summed E-state index contributed by atoms with van der Waals surface area (Å²) in [7, 11) is 3.09. The highest BCUT2D eigenvalue weighted by atomic mass is 16.6. The van der Waals surface area contributed by atoms with E-state index in [-0.39, 0.29) is 37.4 Å². The van der Waals surface area contributed by atoms with E-state index in [0.29, 0.717) is 0 Å². The Morgan fingerprint density at radius 1 is 0.778 bits per heavy atom. The van der Waals surface area contributed by atoms with E-state index >= 15 is 0 Å². The predicted molar refractivity (Wildman–Crippen MR) is 240 cm³/mol. The number of hydrogen-bond donors (Lipinski definition) is 3. The second-order valence-corrected chi connectivity index (χ2v) is 20.0. The number of benzene rings is 1. The Hall–Kier alpha value is -5.54. The number of carbonyl (C=O) groups excluding carboxylic acids is 8. The van der Waals surface area contributed by atoms with E-state index in [0.717, 1.165) is 22.6 Å². The quantitative estimate of drug-likeness (QED) is 0.104. The number of likely N-dealkylation sites (N-methyl/N-ethyl adjacent to an activating group) is 2. The lowest BCUT2D eigenvalue weighted by molar-refractivity contribution is -0.158. The SMILES string of the molecule is C/C(=C\[C@H](C(C)C)N(C)C(=O)[C@@H](NC(=O)[C@@H](N(C)C(=O)OC(C)(C)C)C(C)(C)c1ccccc1)C(C)(C)C)C(=O)N[C@@H](CCC(=O)NCCN1C(=O)C=CC1=O)C(=O)OC(C)(C)C. The summed E-state index contributed by atoms with van der Waals surface area (Å²) in [5.41, 5.74) is -2.54. The van der Waals surface area contributed by atoms with Crippen LogP contribution in [0.15, 0.2) is 54.1 Å². The Morgan fingerprint density at radius 3 is 1.81 bits per heavy atom. The number of rotatable bonds is 18. The van der Waals surface area contributed by atoms with Crippen molar-refractivity contribution in [2.24, 2.45) is 11.3 Å². The number of nitrogens with zero attached hydrogens (tertiary/aromatic N) is 3. The van der Waals surface area contributed by atoms with Crippen molar-refractivity contribution in [3.8, 4) is 0 Å². The lowest BCUT2D eigenvalue weighted by atomic mass is 9.76. The Labute approximate surface area is 373 Å². The van der Waals surface area contributed by atoms with Crippen LogP contribution in [0, 0.1) is 11.3 Å². The zero-order valence-electron chi connectivity index (χ0n) is 40.3. The standard InChI is InChI=1S/C47H72N6O10/c1-29(2)33(28-30(3)39(57)49-32(42(60)62-45(7,8)9)22-23-34(54)48-26-27-53-35(55)24-25-36(53)56)51(15)41(59)37(44(4,5)6)50-40(58)38(52(16)43(61)63-46(10,11)12)47(13,14)31-20-18-17-19-21-31/h17-21,24-25,28-29,32-33,37-38H,22-23,26-27H2,1-16H3,(H,48,54)(H,49,57)(H,50,58)/b30-28+/t32-,33+,37+,38+/m0/s1. The van der Waals surface area contributed by atoms with Crippen LogP contribution in [-0.4, -0.2) is 125 Å². The molecule has 1 heterocycles. The Balaban J connectivity index is 2.38. The average molecular weight is 881 g/mol. The molecule has 16 nitrogen and oxygen atoms in total. The van der Waals surface area contributed by atoms with Gasteiger partial charge < -0.3 is 30.3 Å². The molecule has 0 bridgehead atoms. The molecule has 0 aromatic heterocycles. The molecule has 0 aliphatic carbocycles. The van der Waals surface area contributed by atoms with Gasteiger partial charge in [-0.25, -0.2) is 9.59 Å². The zero-order chi connectivity index (χ0) is 48.4. The predicted octanol–water partition coefficient (Wildman–Crippen LogP) is 4.81. The van der Waals surface area contributed by atoms with Crippen LogP contribution < -0.4 is 16.0 Å². The highest BCUT2D eigenvalue weighted by Gasteiger charge is 2.46. The smallest absolute Gasteiger partial charge is 0.410 e. The Morgan fingerprint density at radius 2 is 1.32 bits per heavy atom. The molecule has 3 N–H and O–H groups in total. The summed E-state index contributed by atoms with van der Waals surface area (Å²) in [4.78, 5) is 110. The number of carbonyl (C=O) groups is 8. The minimum atomic E-state index is -1.22. The first-order valence-electron chi connectivity index (χ1n) is 21.4. The molecule has 0 saturated heterocycles. The van der Waals surface area contributed by atoms with Gasteiger partial charge in [-0.15, -0.1) is 0 Å². The van der Waals surface area contributed by atoms with Crippen molar-refractivity contribution in [3.63, 3.8) is 0 Å². The molecule has 0 saturated carbocycles. The fourth-order valence-electron chi connectivity index (χ4n) is 6.97. The second-order valence-electron chi connectivity index (χ2n) is 20.0. The van der Waals surface area contributed by atoms with Gasteiger partial charge in [-0.05, 0) is 71.8 Å². The number of nitrogens with one attached hydrogen (secondary N) is 3. The number of ether oxygens (including phenoxy) is 2. The van der Waals surface area contributed by atoms with E-state index in [9.17, 15) is 38.4 Å². The van der Waals surface area contributed by atoms with Crippen LogP contribution in [0.3, 0.4) is 0 Å². The maximum atomic E-state index is 14.6. The van der Waals surface area contributed by atoms with Crippen molar-refractivity contribution in [2.45, 2.75) is 151 Å². The van der Waals surface area contributed by atoms with Crippen molar-refractivity contribution in [1.82, 2.24) is 30.7 Å². The summed E-state index contributed by atoms with van der Waals surface area (Å²) in [5.74, 6) is -4.04. The van der Waals surface area contributed by atoms with Crippen molar-refractivity contribution in [2.75, 3.05) is 27.2 Å². The maximum Gasteiger partial charge on any atom is 0.410 e. The van der Waals surface area contributed by atoms with Crippen LogP contribution in [0.2, 0.25) is 0 Å². The molecule has 1 aliphatic heterocycles. The molecule has 0 fully saturated rings. The minimum Gasteiger partial charge on any atom is -0.458 e. The van der Waals surface area contributed by atoms with Crippen molar-refractivity contribution in [3.05, 3.63) is 59.7 Å². The number of esters is 1. The van der Waals surface area contributed by atoms with Gasteiger partial charge in [-0.1, -0.05) is 84.9 Å². The lowest BCUT2D eigenvalue weighted by Gasteiger charge is -2.42. The molecular formula is C47H72N6O10. The van der Waals surface area contributed by atoms with Gasteiger partial charge in [0.15, 0.2) is 0 Å². The van der Waals surface area contributed by atoms with Gasteiger partial charge in [-0.3, -0.25) is 38.6 Å². The molecule has 0 unspecified atom stereocenters. The molecule has 16 heteroatoms. The summed E-state index contributed by atoms with van der Waals surface area (Å²) in [6.45, 7) is 24.7. The van der Waals surface area contributed by atoms with E-state index in [1.807, 2.05) is 78.8 Å². The van der Waals surface area contributed by atoms with E-state index in [2.05, 4.69) is 16.0 Å². The molecule has 1 aromatic carbocycles. The topological polar surface area (TPSA) is 201 Å². The molecule has 0 radical (unpaired) electrons. The molecule has 4 atom stereocenters. The largest absolute Gasteiger partial charge is 0.458 e. The third-order valence-corrected chi connectivity index (χ3v) is 10.4. The highest BCUT2D eigenvalue weighted by Crippen LogP contribution is 2.32. The Bertz CT molecular complexity index is 1880. The fraction of sp³-hybridized carbons (Fsp3) is 0.617. The third-order valence-electron chi connectivity index (χ3n) is 10.4. The molecular weight excluding hydrogens is 809 g/mol. The van der Waals surface area contributed by atoms with Gasteiger partial charge in [0.1, 0.15) is 29.3 Å². The average Bonchev–Trinajstić information content (AvgIpc) is 3.47. The van der Waals surface area contributed by atoms with E-state index in [4.69, 9.17) is 9.47 Å². The fourth-order valence-corrected chi connectivity index (χ4v) is 6.97. The first kappa shape index (κ1) is 53.6. The van der Waals surface area contributed by atoms with Crippen LogP contribution in [0.1, 0.15) is 115 Å². The van der Waals surface area contributed by atoms with Crippen molar-refractivity contribution in [1.29, 1.82) is 0 Å². The van der Waals surface area contributed by atoms with Crippen LogP contribution in [0.4, 0.5) is 4.79 Å². The summed E-state index contributed by atoms with van der Waals surface area (Å²) in [6.07, 6.45) is 2.91. The lowest BCUT2D eigenvalue weighted by Crippen LogP contribution is -2.63. The van der Waals surface area contributed by atoms with Crippen LogP contribution >= 0.6 is 0 Å². The molecule has 2 rings (SSSR count). The zero-order valence-corrected chi connectivity index (χ0v) is 40.3. The first-order valence-corrected chi connectivity index (χ1v) is 21.4. The molecule has 0 spiro atoms. The summed E-state index contributed by atoms with van der Waals surface area (Å²) < 4.78 is 11.2. The van der Waals surface area contributed by atoms with Crippen LogP contribution in [-0.2, 0) is 48.5 Å². The summed E-state index contributed by atoms with van der Waals surface area (Å²) in [5, 5.41) is 8.32. The van der Waals surface area contributed by atoms with Crippen molar-refractivity contribution >= 4 is 47.5 Å². The van der Waals surface area contributed by atoms with Gasteiger partial charge in [0.05, 0.1) is 6.04 Å². The van der Waals surface area contributed by atoms with E-state index < -0.39 is 93.7 Å². The van der Waals surface area contributed by atoms with E-state index in [1.165, 1.54) is 16.8 Å². The first-order chi connectivity index (χ1) is 28.8. The van der Waals surface area contributed by atoms with Crippen LogP contribution in [0.25, 0.3) is 0 Å². The molecule has 7 amide bonds.